The number of guanidine groups is 1. The molecule has 1 aliphatic heterocycles. The van der Waals surface area contributed by atoms with E-state index >= 15 is 0 Å². The third-order valence-corrected chi connectivity index (χ3v) is 4.92. The van der Waals surface area contributed by atoms with Crippen LogP contribution in [0.4, 0.5) is 0 Å². The highest BCUT2D eigenvalue weighted by molar-refractivity contribution is 14.0. The van der Waals surface area contributed by atoms with Gasteiger partial charge in [0.15, 0.2) is 5.96 Å². The second-order valence-corrected chi connectivity index (χ2v) is 6.85. The normalized spacial score (nSPS) is 21.0. The van der Waals surface area contributed by atoms with Crippen molar-refractivity contribution in [2.24, 2.45) is 12.0 Å². The number of ether oxygens (including phenoxy) is 1. The molecule has 1 aliphatic carbocycles. The van der Waals surface area contributed by atoms with E-state index in [1.807, 2.05) is 24.1 Å². The van der Waals surface area contributed by atoms with E-state index in [4.69, 9.17) is 9.73 Å². The molecule has 26 heavy (non-hydrogen) atoms. The highest BCUT2D eigenvalue weighted by atomic mass is 127. The minimum Gasteiger partial charge on any atom is -0.370 e. The van der Waals surface area contributed by atoms with Gasteiger partial charge in [0.05, 0.1) is 25.9 Å². The van der Waals surface area contributed by atoms with Crippen molar-refractivity contribution in [1.29, 1.82) is 0 Å². The molecule has 2 fully saturated rings. The van der Waals surface area contributed by atoms with Gasteiger partial charge >= 0.3 is 0 Å². The van der Waals surface area contributed by atoms with Gasteiger partial charge in [-0.15, -0.1) is 24.0 Å². The summed E-state index contributed by atoms with van der Waals surface area (Å²) in [4.78, 5) is 9.75. The lowest BCUT2D eigenvalue weighted by molar-refractivity contribution is -0.00805. The van der Waals surface area contributed by atoms with Gasteiger partial charge in [0.1, 0.15) is 6.10 Å². The van der Waals surface area contributed by atoms with E-state index in [2.05, 4.69) is 34.1 Å². The first-order valence-electron chi connectivity index (χ1n) is 9.58. The lowest BCUT2D eigenvalue weighted by atomic mass is 10.1. The van der Waals surface area contributed by atoms with E-state index in [1.165, 1.54) is 12.8 Å². The molecule has 148 valence electrons. The molecule has 1 unspecified atom stereocenters. The number of halogens is 1. The number of morpholine rings is 1. The summed E-state index contributed by atoms with van der Waals surface area (Å²) >= 11 is 0. The Morgan fingerprint density at radius 1 is 1.42 bits per heavy atom. The van der Waals surface area contributed by atoms with Crippen LogP contribution in [0.2, 0.25) is 0 Å². The van der Waals surface area contributed by atoms with Gasteiger partial charge in [-0.05, 0) is 26.3 Å². The van der Waals surface area contributed by atoms with Crippen molar-refractivity contribution in [1.82, 2.24) is 24.9 Å². The van der Waals surface area contributed by atoms with Gasteiger partial charge in [-0.2, -0.15) is 5.10 Å². The van der Waals surface area contributed by atoms with Crippen LogP contribution in [0.5, 0.6) is 0 Å². The summed E-state index contributed by atoms with van der Waals surface area (Å²) in [7, 11) is 1.94. The van der Waals surface area contributed by atoms with Crippen LogP contribution in [0.1, 0.15) is 38.4 Å². The molecule has 3 rings (SSSR count). The van der Waals surface area contributed by atoms with Gasteiger partial charge in [0.25, 0.3) is 0 Å². The molecule has 1 saturated heterocycles. The number of hydrogen-bond donors (Lipinski definition) is 1. The number of hydrogen-bond acceptors (Lipinski definition) is 4. The minimum absolute atomic E-state index is 0. The largest absolute Gasteiger partial charge is 0.370 e. The maximum Gasteiger partial charge on any atom is 0.194 e. The predicted molar refractivity (Wildman–Crippen MR) is 115 cm³/mol. The highest BCUT2D eigenvalue weighted by Gasteiger charge is 2.28. The number of likely N-dealkylation sites (N-methyl/N-ethyl adjacent to an activating group) is 1. The molecule has 0 amide bonds. The molecule has 1 aromatic heterocycles. The Balaban J connectivity index is 0.00000243. The molecule has 2 heterocycles. The standard InChI is InChI=1S/C18H32N6O.HI/c1-4-19-18(20-8-9-23(5-2)16-6-7-16)24-10-11-25-17(14-24)15-12-21-22(3)13-15;/h12-13,16-17H,4-11,14H2,1-3H3,(H,19,20);1H. The Kier molecular flexibility index (Phi) is 8.62. The monoisotopic (exact) mass is 476 g/mol. The van der Waals surface area contributed by atoms with E-state index in [0.717, 1.165) is 56.8 Å². The zero-order chi connectivity index (χ0) is 17.6. The van der Waals surface area contributed by atoms with Crippen molar-refractivity contribution >= 4 is 29.9 Å². The van der Waals surface area contributed by atoms with Gasteiger partial charge in [-0.25, -0.2) is 0 Å². The predicted octanol–water partition coefficient (Wildman–Crippen LogP) is 1.86. The molecule has 0 radical (unpaired) electrons. The highest BCUT2D eigenvalue weighted by Crippen LogP contribution is 2.26. The number of rotatable bonds is 7. The van der Waals surface area contributed by atoms with Crippen molar-refractivity contribution in [3.05, 3.63) is 18.0 Å². The summed E-state index contributed by atoms with van der Waals surface area (Å²) in [6, 6.07) is 0.807. The lowest BCUT2D eigenvalue weighted by Gasteiger charge is -2.35. The number of aromatic nitrogens is 2. The third-order valence-electron chi connectivity index (χ3n) is 4.92. The zero-order valence-electron chi connectivity index (χ0n) is 16.2. The van der Waals surface area contributed by atoms with Crippen LogP contribution in [0.15, 0.2) is 17.4 Å². The fourth-order valence-electron chi connectivity index (χ4n) is 3.40. The Labute approximate surface area is 174 Å². The van der Waals surface area contributed by atoms with Crippen LogP contribution in [-0.2, 0) is 11.8 Å². The third kappa shape index (κ3) is 5.82. The van der Waals surface area contributed by atoms with Crippen molar-refractivity contribution in [3.8, 4) is 0 Å². The van der Waals surface area contributed by atoms with Gasteiger partial charge in [0, 0.05) is 44.5 Å². The average Bonchev–Trinajstić information content (AvgIpc) is 3.38. The second kappa shape index (κ2) is 10.5. The van der Waals surface area contributed by atoms with Crippen LogP contribution in [0, 0.1) is 0 Å². The van der Waals surface area contributed by atoms with E-state index in [-0.39, 0.29) is 30.1 Å². The molecule has 7 nitrogen and oxygen atoms in total. The molecule has 1 aromatic rings. The first-order chi connectivity index (χ1) is 12.2. The zero-order valence-corrected chi connectivity index (χ0v) is 18.6. The van der Waals surface area contributed by atoms with Gasteiger partial charge in [0.2, 0.25) is 0 Å². The first-order valence-corrected chi connectivity index (χ1v) is 9.58. The minimum atomic E-state index is 0. The van der Waals surface area contributed by atoms with E-state index < -0.39 is 0 Å². The Morgan fingerprint density at radius 2 is 2.23 bits per heavy atom. The molecule has 0 spiro atoms. The van der Waals surface area contributed by atoms with Crippen molar-refractivity contribution in [2.45, 2.75) is 38.8 Å². The summed E-state index contributed by atoms with van der Waals surface area (Å²) in [5.74, 6) is 1.01. The molecule has 0 bridgehead atoms. The maximum atomic E-state index is 5.95. The smallest absolute Gasteiger partial charge is 0.194 e. The second-order valence-electron chi connectivity index (χ2n) is 6.85. The summed E-state index contributed by atoms with van der Waals surface area (Å²) < 4.78 is 7.78. The van der Waals surface area contributed by atoms with Gasteiger partial charge in [-0.3, -0.25) is 14.6 Å². The molecule has 1 atom stereocenters. The SMILES string of the molecule is CCNC(=NCCN(CC)C1CC1)N1CCOC(c2cnn(C)c2)C1.I. The molecule has 1 N–H and O–H groups in total. The quantitative estimate of drug-likeness (QED) is 0.370. The molecule has 2 aliphatic rings. The van der Waals surface area contributed by atoms with E-state index in [1.54, 1.807) is 0 Å². The molecular formula is C18H33IN6O. The van der Waals surface area contributed by atoms with Crippen molar-refractivity contribution < 1.29 is 4.74 Å². The number of aliphatic imine (C=N–C) groups is 1. The summed E-state index contributed by atoms with van der Waals surface area (Å²) in [6.07, 6.45) is 6.70. The number of nitrogens with one attached hydrogen (secondary N) is 1. The number of aryl methyl sites for hydroxylation is 1. The Morgan fingerprint density at radius 3 is 2.85 bits per heavy atom. The molecule has 1 saturated carbocycles. The average molecular weight is 476 g/mol. The van der Waals surface area contributed by atoms with Gasteiger partial charge < -0.3 is 15.0 Å². The summed E-state index contributed by atoms with van der Waals surface area (Å²) in [5, 5.41) is 7.71. The van der Waals surface area contributed by atoms with Crippen LogP contribution < -0.4 is 5.32 Å². The topological polar surface area (TPSA) is 57.9 Å². The van der Waals surface area contributed by atoms with Crippen LogP contribution in [0.25, 0.3) is 0 Å². The Hall–Kier alpha value is -0.870. The van der Waals surface area contributed by atoms with E-state index in [0.29, 0.717) is 6.61 Å². The van der Waals surface area contributed by atoms with Crippen LogP contribution in [-0.4, -0.2) is 77.5 Å². The Bertz CT molecular complexity index is 574. The molecule has 8 heteroatoms. The van der Waals surface area contributed by atoms with Crippen molar-refractivity contribution in [2.75, 3.05) is 45.9 Å². The van der Waals surface area contributed by atoms with Crippen LogP contribution >= 0.6 is 24.0 Å². The lowest BCUT2D eigenvalue weighted by Crippen LogP contribution is -2.48. The van der Waals surface area contributed by atoms with Crippen LogP contribution in [0.3, 0.4) is 0 Å². The fourth-order valence-corrected chi connectivity index (χ4v) is 3.40. The summed E-state index contributed by atoms with van der Waals surface area (Å²) in [6.45, 7) is 10.7. The van der Waals surface area contributed by atoms with Gasteiger partial charge in [-0.1, -0.05) is 6.92 Å². The fraction of sp³-hybridized carbons (Fsp3) is 0.778. The van der Waals surface area contributed by atoms with E-state index in [9.17, 15) is 0 Å². The summed E-state index contributed by atoms with van der Waals surface area (Å²) in [5.41, 5.74) is 1.13. The molecular weight excluding hydrogens is 443 g/mol. The maximum absolute atomic E-state index is 5.95. The molecule has 0 aromatic carbocycles. The van der Waals surface area contributed by atoms with Crippen molar-refractivity contribution in [3.63, 3.8) is 0 Å². The first kappa shape index (κ1) is 21.4. The number of nitrogens with zero attached hydrogens (tertiary/aromatic N) is 5.